The number of anilines is 2. The molecular formula is C12H8Cl3FN4O. The summed E-state index contributed by atoms with van der Waals surface area (Å²) < 4.78 is 13.1. The molecule has 0 aliphatic carbocycles. The van der Waals surface area contributed by atoms with E-state index in [4.69, 9.17) is 40.6 Å². The van der Waals surface area contributed by atoms with Crippen LogP contribution in [0.4, 0.5) is 15.9 Å². The SMILES string of the molecule is NNc1cc(C(=O)Nc2c(Cl)cc(F)cc2Cl)cc(Cl)n1. The van der Waals surface area contributed by atoms with Crippen LogP contribution < -0.4 is 16.6 Å². The van der Waals surface area contributed by atoms with Gasteiger partial charge in [-0.05, 0) is 24.3 Å². The van der Waals surface area contributed by atoms with Crippen molar-refractivity contribution < 1.29 is 9.18 Å². The fourth-order valence-electron chi connectivity index (χ4n) is 1.55. The highest BCUT2D eigenvalue weighted by Gasteiger charge is 2.14. The van der Waals surface area contributed by atoms with E-state index < -0.39 is 11.7 Å². The van der Waals surface area contributed by atoms with Crippen molar-refractivity contribution in [1.82, 2.24) is 4.98 Å². The first-order valence-electron chi connectivity index (χ1n) is 5.51. The maximum atomic E-state index is 13.1. The molecule has 0 radical (unpaired) electrons. The topological polar surface area (TPSA) is 80.0 Å². The van der Waals surface area contributed by atoms with Crippen LogP contribution in [0.2, 0.25) is 15.2 Å². The van der Waals surface area contributed by atoms with Crippen molar-refractivity contribution in [1.29, 1.82) is 0 Å². The number of carbonyl (C=O) groups is 1. The lowest BCUT2D eigenvalue weighted by Gasteiger charge is -2.10. The number of hydrogen-bond donors (Lipinski definition) is 3. The molecule has 0 saturated carbocycles. The van der Waals surface area contributed by atoms with E-state index in [9.17, 15) is 9.18 Å². The molecule has 0 atom stereocenters. The maximum absolute atomic E-state index is 13.1. The first kappa shape index (κ1) is 15.8. The molecule has 1 aromatic heterocycles. The number of nitrogens with two attached hydrogens (primary N) is 1. The van der Waals surface area contributed by atoms with Gasteiger partial charge in [0.2, 0.25) is 0 Å². The summed E-state index contributed by atoms with van der Waals surface area (Å²) in [6.07, 6.45) is 0. The fourth-order valence-corrected chi connectivity index (χ4v) is 2.31. The number of benzene rings is 1. The van der Waals surface area contributed by atoms with Crippen LogP contribution in [0, 0.1) is 5.82 Å². The summed E-state index contributed by atoms with van der Waals surface area (Å²) in [6, 6.07) is 4.79. The monoisotopic (exact) mass is 348 g/mol. The van der Waals surface area contributed by atoms with Gasteiger partial charge in [0.15, 0.2) is 0 Å². The molecule has 1 heterocycles. The molecule has 1 amide bonds. The van der Waals surface area contributed by atoms with Crippen LogP contribution in [-0.4, -0.2) is 10.9 Å². The second kappa shape index (κ2) is 6.44. The van der Waals surface area contributed by atoms with Crippen molar-refractivity contribution in [3.8, 4) is 0 Å². The molecule has 110 valence electrons. The lowest BCUT2D eigenvalue weighted by atomic mass is 10.2. The molecule has 2 rings (SSSR count). The van der Waals surface area contributed by atoms with Crippen LogP contribution in [0.15, 0.2) is 24.3 Å². The molecule has 0 spiro atoms. The fraction of sp³-hybridized carbons (Fsp3) is 0. The van der Waals surface area contributed by atoms with Crippen LogP contribution in [0.5, 0.6) is 0 Å². The third-order valence-corrected chi connectivity index (χ3v) is 3.24. The number of pyridine rings is 1. The molecule has 0 aliphatic rings. The Morgan fingerprint density at radius 3 is 2.33 bits per heavy atom. The van der Waals surface area contributed by atoms with Gasteiger partial charge < -0.3 is 10.7 Å². The van der Waals surface area contributed by atoms with E-state index in [2.05, 4.69) is 15.7 Å². The van der Waals surface area contributed by atoms with E-state index in [0.717, 1.165) is 12.1 Å². The van der Waals surface area contributed by atoms with E-state index in [1.807, 2.05) is 0 Å². The Hall–Kier alpha value is -1.60. The summed E-state index contributed by atoms with van der Waals surface area (Å²) in [6.45, 7) is 0. The average Bonchev–Trinajstić information content (AvgIpc) is 2.41. The summed E-state index contributed by atoms with van der Waals surface area (Å²) in [4.78, 5) is 16.0. The number of amides is 1. The molecule has 4 N–H and O–H groups in total. The summed E-state index contributed by atoms with van der Waals surface area (Å²) in [5.41, 5.74) is 2.56. The zero-order valence-corrected chi connectivity index (χ0v) is 12.5. The van der Waals surface area contributed by atoms with E-state index >= 15 is 0 Å². The number of hydrogen-bond acceptors (Lipinski definition) is 4. The molecule has 2 aromatic rings. The van der Waals surface area contributed by atoms with Gasteiger partial charge in [0.25, 0.3) is 5.91 Å². The number of carbonyl (C=O) groups excluding carboxylic acids is 1. The Labute approximate surface area is 134 Å². The van der Waals surface area contributed by atoms with E-state index in [0.29, 0.717) is 0 Å². The van der Waals surface area contributed by atoms with E-state index in [1.54, 1.807) is 0 Å². The zero-order valence-electron chi connectivity index (χ0n) is 10.3. The first-order chi connectivity index (χ1) is 9.90. The minimum atomic E-state index is -0.607. The molecule has 5 nitrogen and oxygen atoms in total. The quantitative estimate of drug-likeness (QED) is 0.448. The van der Waals surface area contributed by atoms with Crippen LogP contribution in [0.1, 0.15) is 10.4 Å². The molecule has 0 aliphatic heterocycles. The molecular weight excluding hydrogens is 342 g/mol. The highest BCUT2D eigenvalue weighted by molar-refractivity contribution is 6.40. The predicted octanol–water partition coefficient (Wildman–Crippen LogP) is 3.72. The second-order valence-electron chi connectivity index (χ2n) is 3.91. The Balaban J connectivity index is 2.32. The Bertz CT molecular complexity index is 688. The second-order valence-corrected chi connectivity index (χ2v) is 5.11. The molecule has 0 bridgehead atoms. The summed E-state index contributed by atoms with van der Waals surface area (Å²) >= 11 is 17.5. The lowest BCUT2D eigenvalue weighted by Crippen LogP contribution is -2.15. The van der Waals surface area contributed by atoms with Gasteiger partial charge in [0.1, 0.15) is 16.8 Å². The standard InChI is InChI=1S/C12H8Cl3FN4O/c13-7-3-6(16)4-8(14)11(7)19-12(21)5-1-9(15)18-10(2-5)20-17/h1-4H,17H2,(H,18,20)(H,19,21). The number of nitrogens with zero attached hydrogens (tertiary/aromatic N) is 1. The van der Waals surface area contributed by atoms with Gasteiger partial charge in [-0.25, -0.2) is 15.2 Å². The van der Waals surface area contributed by atoms with Crippen molar-refractivity contribution in [2.45, 2.75) is 0 Å². The van der Waals surface area contributed by atoms with Crippen molar-refractivity contribution in [2.75, 3.05) is 10.7 Å². The molecule has 9 heteroatoms. The normalized spacial score (nSPS) is 10.3. The van der Waals surface area contributed by atoms with Crippen molar-refractivity contribution in [2.24, 2.45) is 5.84 Å². The predicted molar refractivity (Wildman–Crippen MR) is 81.4 cm³/mol. The molecule has 21 heavy (non-hydrogen) atoms. The average molecular weight is 350 g/mol. The largest absolute Gasteiger partial charge is 0.319 e. The van der Waals surface area contributed by atoms with Crippen molar-refractivity contribution in [3.63, 3.8) is 0 Å². The molecule has 0 fully saturated rings. The number of hydrazine groups is 1. The molecule has 1 aromatic carbocycles. The van der Waals surface area contributed by atoms with Crippen molar-refractivity contribution in [3.05, 3.63) is 50.8 Å². The highest BCUT2D eigenvalue weighted by atomic mass is 35.5. The molecule has 0 unspecified atom stereocenters. The van der Waals surface area contributed by atoms with E-state index in [1.165, 1.54) is 12.1 Å². The van der Waals surface area contributed by atoms with Gasteiger partial charge >= 0.3 is 0 Å². The first-order valence-corrected chi connectivity index (χ1v) is 6.64. The van der Waals surface area contributed by atoms with Crippen LogP contribution in [0.25, 0.3) is 0 Å². The number of nitrogen functional groups attached to an aromatic ring is 1. The van der Waals surface area contributed by atoms with Gasteiger partial charge in [0.05, 0.1) is 15.7 Å². The third kappa shape index (κ3) is 3.74. The summed E-state index contributed by atoms with van der Waals surface area (Å²) in [5, 5.41) is 2.51. The van der Waals surface area contributed by atoms with Crippen LogP contribution in [-0.2, 0) is 0 Å². The third-order valence-electron chi connectivity index (χ3n) is 2.45. The number of nitrogens with one attached hydrogen (secondary N) is 2. The number of aromatic nitrogens is 1. The van der Waals surface area contributed by atoms with Crippen molar-refractivity contribution >= 4 is 52.2 Å². The van der Waals surface area contributed by atoms with Crippen LogP contribution in [0.3, 0.4) is 0 Å². The lowest BCUT2D eigenvalue weighted by molar-refractivity contribution is 0.102. The minimum absolute atomic E-state index is 0.0225. The Morgan fingerprint density at radius 2 is 1.76 bits per heavy atom. The number of rotatable bonds is 3. The summed E-state index contributed by atoms with van der Waals surface area (Å²) in [5.74, 6) is 4.27. The van der Waals surface area contributed by atoms with E-state index in [-0.39, 0.29) is 32.3 Å². The van der Waals surface area contributed by atoms with Gasteiger partial charge in [0, 0.05) is 5.56 Å². The summed E-state index contributed by atoms with van der Waals surface area (Å²) in [7, 11) is 0. The smallest absolute Gasteiger partial charge is 0.255 e. The minimum Gasteiger partial charge on any atom is -0.319 e. The zero-order chi connectivity index (χ0) is 15.6. The van der Waals surface area contributed by atoms with Gasteiger partial charge in [-0.3, -0.25) is 4.79 Å². The van der Waals surface area contributed by atoms with Gasteiger partial charge in [-0.2, -0.15) is 0 Å². The molecule has 0 saturated heterocycles. The maximum Gasteiger partial charge on any atom is 0.255 e. The van der Waals surface area contributed by atoms with Gasteiger partial charge in [-0.1, -0.05) is 34.8 Å². The Morgan fingerprint density at radius 1 is 1.14 bits per heavy atom. The Kier molecular flexibility index (Phi) is 4.84. The van der Waals surface area contributed by atoms with Crippen LogP contribution >= 0.6 is 34.8 Å². The van der Waals surface area contributed by atoms with Gasteiger partial charge in [-0.15, -0.1) is 0 Å². The highest BCUT2D eigenvalue weighted by Crippen LogP contribution is 2.31. The number of halogens is 4.